The zero-order valence-electron chi connectivity index (χ0n) is 21.4. The molecule has 0 spiro atoms. The van der Waals surface area contributed by atoms with Crippen LogP contribution in [0.5, 0.6) is 5.75 Å². The average Bonchev–Trinajstić information content (AvgIpc) is 3.35. The van der Waals surface area contributed by atoms with E-state index < -0.39 is 11.9 Å². The lowest BCUT2D eigenvalue weighted by molar-refractivity contribution is -0.112. The fraction of sp³-hybridized carbons (Fsp3) is 0.161. The monoisotopic (exact) mass is 534 g/mol. The van der Waals surface area contributed by atoms with Crippen molar-refractivity contribution in [2.75, 3.05) is 11.9 Å². The lowest BCUT2D eigenvalue weighted by Crippen LogP contribution is -2.29. The summed E-state index contributed by atoms with van der Waals surface area (Å²) in [6.45, 7) is 4.49. The first-order valence-electron chi connectivity index (χ1n) is 12.5. The van der Waals surface area contributed by atoms with Crippen LogP contribution >= 0.6 is 11.3 Å². The molecule has 1 N–H and O–H groups in total. The Morgan fingerprint density at radius 3 is 2.54 bits per heavy atom. The van der Waals surface area contributed by atoms with Gasteiger partial charge in [0.15, 0.2) is 5.13 Å². The Hall–Kier alpha value is -4.58. The number of anilines is 1. The molecule has 2 heterocycles. The van der Waals surface area contributed by atoms with Crippen molar-refractivity contribution in [2.45, 2.75) is 26.4 Å². The van der Waals surface area contributed by atoms with Crippen LogP contribution in [0.1, 0.15) is 37.6 Å². The van der Waals surface area contributed by atoms with Crippen LogP contribution in [0.3, 0.4) is 0 Å². The number of carbonyl (C=O) groups excluding carboxylic acids is 2. The van der Waals surface area contributed by atoms with E-state index >= 15 is 0 Å². The van der Waals surface area contributed by atoms with E-state index in [-0.39, 0.29) is 5.57 Å². The van der Waals surface area contributed by atoms with Crippen LogP contribution in [0.4, 0.5) is 5.13 Å². The number of nitrogens with one attached hydrogen (secondary N) is 1. The van der Waals surface area contributed by atoms with Crippen LogP contribution in [-0.2, 0) is 24.3 Å². The van der Waals surface area contributed by atoms with Crippen molar-refractivity contribution in [3.63, 3.8) is 0 Å². The van der Waals surface area contributed by atoms with Gasteiger partial charge in [0, 0.05) is 30.9 Å². The molecule has 1 aromatic heterocycles. The molecule has 0 saturated carbocycles. The van der Waals surface area contributed by atoms with Gasteiger partial charge in [-0.3, -0.25) is 15.0 Å². The van der Waals surface area contributed by atoms with Crippen LogP contribution < -0.4 is 10.1 Å². The molecule has 4 aromatic rings. The van der Waals surface area contributed by atoms with Crippen LogP contribution in [-0.4, -0.2) is 28.3 Å². The molecule has 5 rings (SSSR count). The molecule has 0 aliphatic carbocycles. The topological polar surface area (TPSA) is 95.3 Å². The van der Waals surface area contributed by atoms with E-state index in [9.17, 15) is 14.9 Å². The summed E-state index contributed by atoms with van der Waals surface area (Å²) in [6.07, 6.45) is 2.31. The van der Waals surface area contributed by atoms with Gasteiger partial charge in [-0.1, -0.05) is 60.2 Å². The highest BCUT2D eigenvalue weighted by molar-refractivity contribution is 7.15. The number of fused-ring (bicyclic) bond motifs is 1. The third-order valence-electron chi connectivity index (χ3n) is 6.33. The molecule has 0 atom stereocenters. The largest absolute Gasteiger partial charge is 0.423 e. The smallest absolute Gasteiger partial charge is 0.343 e. The van der Waals surface area contributed by atoms with Crippen molar-refractivity contribution >= 4 is 34.4 Å². The second-order valence-electron chi connectivity index (χ2n) is 9.28. The Bertz CT molecular complexity index is 1550. The van der Waals surface area contributed by atoms with Gasteiger partial charge in [0.05, 0.1) is 11.3 Å². The number of nitrogens with zero attached hydrogens (tertiary/aromatic N) is 3. The summed E-state index contributed by atoms with van der Waals surface area (Å²) in [5.41, 5.74) is 4.36. The third-order valence-corrected chi connectivity index (χ3v) is 7.33. The molecule has 194 valence electrons. The van der Waals surface area contributed by atoms with Gasteiger partial charge in [0.25, 0.3) is 5.91 Å². The molecule has 1 aliphatic rings. The Labute approximate surface area is 231 Å². The predicted molar refractivity (Wildman–Crippen MR) is 151 cm³/mol. The number of thiazole rings is 1. The van der Waals surface area contributed by atoms with Gasteiger partial charge in [0.2, 0.25) is 0 Å². The highest BCUT2D eigenvalue weighted by Crippen LogP contribution is 2.29. The quantitative estimate of drug-likeness (QED) is 0.140. The average molecular weight is 535 g/mol. The number of nitriles is 1. The molecule has 3 aromatic carbocycles. The lowest BCUT2D eigenvalue weighted by Gasteiger charge is -2.25. The number of carbonyl (C=O) groups is 2. The van der Waals surface area contributed by atoms with E-state index in [2.05, 4.69) is 27.3 Å². The van der Waals surface area contributed by atoms with Crippen molar-refractivity contribution < 1.29 is 14.3 Å². The van der Waals surface area contributed by atoms with E-state index in [1.165, 1.54) is 23.0 Å². The van der Waals surface area contributed by atoms with E-state index in [1.807, 2.05) is 43.3 Å². The van der Waals surface area contributed by atoms with Gasteiger partial charge in [-0.25, -0.2) is 9.78 Å². The first-order chi connectivity index (χ1) is 19.0. The number of aromatic nitrogens is 1. The normalized spacial score (nSPS) is 13.3. The molecule has 0 fully saturated rings. The summed E-state index contributed by atoms with van der Waals surface area (Å²) in [7, 11) is 0. The Balaban J connectivity index is 1.20. The number of rotatable bonds is 7. The van der Waals surface area contributed by atoms with Gasteiger partial charge in [0.1, 0.15) is 17.4 Å². The SMILES string of the molecule is Cc1ccc(C(=O)Oc2ccc(/C=C(\C#N)C(=O)Nc3nc4c(s3)CN(Cc3ccccc3)CC4)cc2)cc1. The van der Waals surface area contributed by atoms with Gasteiger partial charge >= 0.3 is 5.97 Å². The molecule has 1 aliphatic heterocycles. The Morgan fingerprint density at radius 2 is 1.82 bits per heavy atom. The van der Waals surface area contributed by atoms with Crippen LogP contribution in [0.15, 0.2) is 84.4 Å². The second kappa shape index (κ2) is 11.9. The van der Waals surface area contributed by atoms with Crippen molar-refractivity contribution in [3.8, 4) is 11.8 Å². The summed E-state index contributed by atoms with van der Waals surface area (Å²) in [4.78, 5) is 33.3. The maximum Gasteiger partial charge on any atom is 0.343 e. The van der Waals surface area contributed by atoms with Gasteiger partial charge in [-0.2, -0.15) is 5.26 Å². The maximum absolute atomic E-state index is 12.8. The lowest BCUT2D eigenvalue weighted by atomic mass is 10.1. The maximum atomic E-state index is 12.8. The zero-order chi connectivity index (χ0) is 27.2. The van der Waals surface area contributed by atoms with E-state index in [4.69, 9.17) is 4.74 Å². The first-order valence-corrected chi connectivity index (χ1v) is 13.4. The predicted octanol–water partition coefficient (Wildman–Crippen LogP) is 5.77. The van der Waals surface area contributed by atoms with Crippen molar-refractivity contribution in [1.29, 1.82) is 5.26 Å². The van der Waals surface area contributed by atoms with Gasteiger partial charge in [-0.05, 0) is 48.4 Å². The summed E-state index contributed by atoms with van der Waals surface area (Å²) in [5, 5.41) is 12.9. The molecule has 0 saturated heterocycles. The summed E-state index contributed by atoms with van der Waals surface area (Å²) in [5.74, 6) is -0.598. The number of esters is 1. The summed E-state index contributed by atoms with van der Waals surface area (Å²) in [6, 6.07) is 26.1. The van der Waals surface area contributed by atoms with Crippen LogP contribution in [0.2, 0.25) is 0 Å². The Morgan fingerprint density at radius 1 is 1.08 bits per heavy atom. The molecule has 0 unspecified atom stereocenters. The summed E-state index contributed by atoms with van der Waals surface area (Å²) >= 11 is 1.45. The molecule has 0 bridgehead atoms. The third kappa shape index (κ3) is 6.65. The van der Waals surface area contributed by atoms with Gasteiger partial charge in [-0.15, -0.1) is 11.3 Å². The summed E-state index contributed by atoms with van der Waals surface area (Å²) < 4.78 is 5.42. The van der Waals surface area contributed by atoms with Crippen molar-refractivity contribution in [3.05, 3.63) is 117 Å². The minimum absolute atomic E-state index is 0.0433. The Kier molecular flexibility index (Phi) is 7.92. The number of hydrogen-bond acceptors (Lipinski definition) is 7. The number of hydrogen-bond donors (Lipinski definition) is 1. The van der Waals surface area contributed by atoms with Gasteiger partial charge < -0.3 is 4.74 Å². The van der Waals surface area contributed by atoms with Crippen LogP contribution in [0, 0.1) is 18.3 Å². The fourth-order valence-corrected chi connectivity index (χ4v) is 5.29. The highest BCUT2D eigenvalue weighted by Gasteiger charge is 2.22. The van der Waals surface area contributed by atoms with E-state index in [0.29, 0.717) is 22.0 Å². The minimum atomic E-state index is -0.514. The molecule has 39 heavy (non-hydrogen) atoms. The number of ether oxygens (including phenoxy) is 1. The molecule has 1 amide bonds. The highest BCUT2D eigenvalue weighted by atomic mass is 32.1. The fourth-order valence-electron chi connectivity index (χ4n) is 4.25. The number of amides is 1. The molecule has 8 heteroatoms. The number of aryl methyl sites for hydroxylation is 1. The molecular formula is C31H26N4O3S. The first kappa shape index (κ1) is 26.0. The molecule has 7 nitrogen and oxygen atoms in total. The van der Waals surface area contributed by atoms with E-state index in [0.717, 1.165) is 42.2 Å². The standard InChI is InChI=1S/C31H26N4O3S/c1-21-7-11-24(12-8-21)30(37)38-26-13-9-22(10-14-26)17-25(18-32)29(36)34-31-33-27-15-16-35(20-28(27)39-31)19-23-5-3-2-4-6-23/h2-14,17H,15-16,19-20H2,1H3,(H,33,34,36)/b25-17+. The zero-order valence-corrected chi connectivity index (χ0v) is 22.2. The van der Waals surface area contributed by atoms with Crippen LogP contribution in [0.25, 0.3) is 6.08 Å². The molecule has 0 radical (unpaired) electrons. The second-order valence-corrected chi connectivity index (χ2v) is 10.4. The minimum Gasteiger partial charge on any atom is -0.423 e. The molecular weight excluding hydrogens is 508 g/mol. The van der Waals surface area contributed by atoms with Crippen molar-refractivity contribution in [1.82, 2.24) is 9.88 Å². The van der Waals surface area contributed by atoms with Crippen molar-refractivity contribution in [2.24, 2.45) is 0 Å². The van der Waals surface area contributed by atoms with E-state index in [1.54, 1.807) is 36.4 Å². The number of benzene rings is 3.